The van der Waals surface area contributed by atoms with E-state index in [9.17, 15) is 9.90 Å². The van der Waals surface area contributed by atoms with Crippen molar-refractivity contribution in [2.75, 3.05) is 25.0 Å². The quantitative estimate of drug-likeness (QED) is 0.830. The number of benzene rings is 1. The number of nitrogens with zero attached hydrogens (tertiary/aromatic N) is 1. The van der Waals surface area contributed by atoms with Gasteiger partial charge in [-0.2, -0.15) is 0 Å². The lowest BCUT2D eigenvalue weighted by Gasteiger charge is -2.19. The predicted molar refractivity (Wildman–Crippen MR) is 67.1 cm³/mol. The molecule has 1 unspecified atom stereocenters. The third-order valence-electron chi connectivity index (χ3n) is 3.24. The molecule has 17 heavy (non-hydrogen) atoms. The molecule has 0 aromatic heterocycles. The van der Waals surface area contributed by atoms with E-state index < -0.39 is 0 Å². The van der Waals surface area contributed by atoms with Crippen molar-refractivity contribution in [2.45, 2.75) is 12.8 Å². The molecule has 1 aliphatic rings. The van der Waals surface area contributed by atoms with Gasteiger partial charge in [0.1, 0.15) is 5.75 Å². The molecule has 4 heteroatoms. The predicted octanol–water partition coefficient (Wildman–Crippen LogP) is 1.35. The van der Waals surface area contributed by atoms with Crippen molar-refractivity contribution in [3.8, 4) is 5.75 Å². The number of amides is 1. The summed E-state index contributed by atoms with van der Waals surface area (Å²) in [6, 6.07) is 6.69. The molecule has 1 amide bonds. The fraction of sp³-hybridized carbons (Fsp3) is 0.462. The summed E-state index contributed by atoms with van der Waals surface area (Å²) in [4.78, 5) is 13.7. The van der Waals surface area contributed by atoms with E-state index in [2.05, 4.69) is 5.32 Å². The molecule has 1 saturated heterocycles. The topological polar surface area (TPSA) is 52.6 Å². The number of rotatable bonds is 3. The van der Waals surface area contributed by atoms with Crippen LogP contribution in [0.2, 0.25) is 0 Å². The first-order valence-electron chi connectivity index (χ1n) is 5.93. The molecule has 0 bridgehead atoms. The number of phenols is 1. The van der Waals surface area contributed by atoms with Crippen molar-refractivity contribution in [1.82, 2.24) is 5.32 Å². The van der Waals surface area contributed by atoms with E-state index in [0.717, 1.165) is 25.2 Å². The number of hydrogen-bond donors (Lipinski definition) is 2. The average molecular weight is 234 g/mol. The van der Waals surface area contributed by atoms with Gasteiger partial charge in [0.2, 0.25) is 5.91 Å². The van der Waals surface area contributed by atoms with Crippen LogP contribution in [-0.4, -0.2) is 31.2 Å². The largest absolute Gasteiger partial charge is 0.508 e. The van der Waals surface area contributed by atoms with Crippen LogP contribution in [0.4, 0.5) is 5.69 Å². The first kappa shape index (κ1) is 11.9. The Labute approximate surface area is 101 Å². The summed E-state index contributed by atoms with van der Waals surface area (Å²) < 4.78 is 0. The zero-order valence-electron chi connectivity index (χ0n) is 10.0. The second-order valence-electron chi connectivity index (χ2n) is 4.53. The Hall–Kier alpha value is -1.55. The lowest BCUT2D eigenvalue weighted by Crippen LogP contribution is -2.28. The van der Waals surface area contributed by atoms with Crippen molar-refractivity contribution in [1.29, 1.82) is 0 Å². The molecular formula is C13H18N2O2. The Morgan fingerprint density at radius 2 is 2.18 bits per heavy atom. The van der Waals surface area contributed by atoms with E-state index in [0.29, 0.717) is 12.3 Å². The molecule has 1 fully saturated rings. The third kappa shape index (κ3) is 2.97. The third-order valence-corrected chi connectivity index (χ3v) is 3.24. The zero-order valence-corrected chi connectivity index (χ0v) is 10.0. The van der Waals surface area contributed by atoms with Crippen LogP contribution in [0.15, 0.2) is 24.3 Å². The van der Waals surface area contributed by atoms with Gasteiger partial charge < -0.3 is 15.3 Å². The van der Waals surface area contributed by atoms with E-state index in [-0.39, 0.29) is 11.7 Å². The molecule has 2 N–H and O–H groups in total. The Balaban J connectivity index is 1.96. The molecule has 1 atom stereocenters. The normalized spacial score (nSPS) is 19.2. The monoisotopic (exact) mass is 234 g/mol. The van der Waals surface area contributed by atoms with Crippen LogP contribution >= 0.6 is 0 Å². The Bertz CT molecular complexity index is 383. The van der Waals surface area contributed by atoms with Crippen molar-refractivity contribution in [2.24, 2.45) is 5.92 Å². The van der Waals surface area contributed by atoms with Crippen molar-refractivity contribution < 1.29 is 9.90 Å². The van der Waals surface area contributed by atoms with Crippen molar-refractivity contribution in [3.05, 3.63) is 24.3 Å². The van der Waals surface area contributed by atoms with E-state index in [1.807, 2.05) is 0 Å². The van der Waals surface area contributed by atoms with Gasteiger partial charge in [-0.25, -0.2) is 0 Å². The van der Waals surface area contributed by atoms with Crippen LogP contribution in [0.5, 0.6) is 5.75 Å². The average Bonchev–Trinajstić information content (AvgIpc) is 2.82. The van der Waals surface area contributed by atoms with Crippen molar-refractivity contribution in [3.63, 3.8) is 0 Å². The number of carbonyl (C=O) groups is 1. The van der Waals surface area contributed by atoms with Gasteiger partial charge in [-0.3, -0.25) is 4.79 Å². The second kappa shape index (κ2) is 5.19. The Morgan fingerprint density at radius 3 is 2.76 bits per heavy atom. The lowest BCUT2D eigenvalue weighted by molar-refractivity contribution is -0.119. The minimum absolute atomic E-state index is 0.129. The summed E-state index contributed by atoms with van der Waals surface area (Å²) in [6.07, 6.45) is 1.67. The molecule has 1 heterocycles. The van der Waals surface area contributed by atoms with Gasteiger partial charge in [0.15, 0.2) is 0 Å². The molecule has 1 aromatic carbocycles. The Kier molecular flexibility index (Phi) is 3.64. The van der Waals surface area contributed by atoms with Gasteiger partial charge in [-0.05, 0) is 49.7 Å². The number of aromatic hydroxyl groups is 1. The minimum atomic E-state index is 0.129. The molecule has 0 spiro atoms. The van der Waals surface area contributed by atoms with E-state index in [1.54, 1.807) is 36.2 Å². The molecule has 1 aromatic rings. The van der Waals surface area contributed by atoms with Gasteiger partial charge in [0.25, 0.3) is 0 Å². The highest BCUT2D eigenvalue weighted by molar-refractivity contribution is 5.92. The highest BCUT2D eigenvalue weighted by Gasteiger charge is 2.20. The zero-order chi connectivity index (χ0) is 12.3. The van der Waals surface area contributed by atoms with Gasteiger partial charge in [-0.15, -0.1) is 0 Å². The maximum Gasteiger partial charge on any atom is 0.227 e. The highest BCUT2D eigenvalue weighted by atomic mass is 16.3. The lowest BCUT2D eigenvalue weighted by atomic mass is 10.0. The molecule has 2 rings (SSSR count). The summed E-state index contributed by atoms with van der Waals surface area (Å²) in [6.45, 7) is 1.95. The summed E-state index contributed by atoms with van der Waals surface area (Å²) >= 11 is 0. The fourth-order valence-corrected chi connectivity index (χ4v) is 2.09. The van der Waals surface area contributed by atoms with Crippen LogP contribution in [0.25, 0.3) is 0 Å². The number of nitrogens with one attached hydrogen (secondary N) is 1. The van der Waals surface area contributed by atoms with Crippen LogP contribution in [-0.2, 0) is 4.79 Å². The second-order valence-corrected chi connectivity index (χ2v) is 4.53. The molecule has 1 aliphatic heterocycles. The molecule has 0 saturated carbocycles. The van der Waals surface area contributed by atoms with Crippen LogP contribution in [0.1, 0.15) is 12.8 Å². The summed E-state index contributed by atoms with van der Waals surface area (Å²) in [5, 5.41) is 12.5. The molecule has 92 valence electrons. The standard InChI is InChI=1S/C13H18N2O2/c1-15(11-2-4-12(16)5-3-11)13(17)8-10-6-7-14-9-10/h2-5,10,14,16H,6-9H2,1H3. The molecule has 0 aliphatic carbocycles. The van der Waals surface area contributed by atoms with E-state index in [4.69, 9.17) is 0 Å². The number of phenolic OH excluding ortho intramolecular Hbond substituents is 1. The first-order valence-corrected chi connectivity index (χ1v) is 5.93. The maximum atomic E-state index is 12.0. The van der Waals surface area contributed by atoms with E-state index in [1.165, 1.54) is 0 Å². The fourth-order valence-electron chi connectivity index (χ4n) is 2.09. The summed E-state index contributed by atoms with van der Waals surface area (Å²) in [5.74, 6) is 0.807. The molecule has 4 nitrogen and oxygen atoms in total. The van der Waals surface area contributed by atoms with Crippen molar-refractivity contribution >= 4 is 11.6 Å². The smallest absolute Gasteiger partial charge is 0.227 e. The van der Waals surface area contributed by atoms with Crippen LogP contribution < -0.4 is 10.2 Å². The number of anilines is 1. The first-order chi connectivity index (χ1) is 8.16. The van der Waals surface area contributed by atoms with Crippen LogP contribution in [0.3, 0.4) is 0 Å². The van der Waals surface area contributed by atoms with Crippen LogP contribution in [0, 0.1) is 5.92 Å². The van der Waals surface area contributed by atoms with Gasteiger partial charge in [0, 0.05) is 19.2 Å². The Morgan fingerprint density at radius 1 is 1.47 bits per heavy atom. The maximum absolute atomic E-state index is 12.0. The van der Waals surface area contributed by atoms with E-state index >= 15 is 0 Å². The summed E-state index contributed by atoms with van der Waals surface area (Å²) in [5.41, 5.74) is 0.818. The number of carbonyl (C=O) groups excluding carboxylic acids is 1. The van der Waals surface area contributed by atoms with Gasteiger partial charge in [0.05, 0.1) is 0 Å². The molecule has 0 radical (unpaired) electrons. The van der Waals surface area contributed by atoms with Gasteiger partial charge >= 0.3 is 0 Å². The minimum Gasteiger partial charge on any atom is -0.508 e. The SMILES string of the molecule is CN(C(=O)CC1CCNC1)c1ccc(O)cc1. The number of hydrogen-bond acceptors (Lipinski definition) is 3. The molecular weight excluding hydrogens is 216 g/mol. The summed E-state index contributed by atoms with van der Waals surface area (Å²) in [7, 11) is 1.77. The highest BCUT2D eigenvalue weighted by Crippen LogP contribution is 2.20. The van der Waals surface area contributed by atoms with Gasteiger partial charge in [-0.1, -0.05) is 0 Å².